The highest BCUT2D eigenvalue weighted by atomic mass is 16.5. The van der Waals surface area contributed by atoms with Crippen molar-refractivity contribution in [3.8, 4) is 0 Å². The predicted octanol–water partition coefficient (Wildman–Crippen LogP) is 9.29. The van der Waals surface area contributed by atoms with Crippen LogP contribution in [0.2, 0.25) is 0 Å². The molecule has 0 aromatic carbocycles. The van der Waals surface area contributed by atoms with Crippen LogP contribution in [0.1, 0.15) is 170 Å². The molecule has 2 aliphatic carbocycles. The lowest BCUT2D eigenvalue weighted by Crippen LogP contribution is -2.43. The van der Waals surface area contributed by atoms with Crippen molar-refractivity contribution in [1.82, 2.24) is 10.6 Å². The Balaban J connectivity index is 1.58. The molecule has 0 spiro atoms. The fraction of sp³-hybridized carbons (Fsp3) is 0.800. The molecule has 304 valence electrons. The van der Waals surface area contributed by atoms with Gasteiger partial charge in [0.25, 0.3) is 0 Å². The molecule has 2 aliphatic rings. The molecule has 0 fully saturated rings. The van der Waals surface area contributed by atoms with Gasteiger partial charge in [-0.3, -0.25) is 14.4 Å². The standard InChI is InChI=1S/C45H78N2O6/c1-7-9-10-11-12-13-14-15-16-17-18-19-20-21-22-23-41(50)46-28-29-47-42(51)33-38(49)32-37(48)26-27-39-35(4)24-25-36-30-34(3)31-40(43(36)39)53-44(52)45(5,6)8-2/h15-16,24-25,30,34-35,37-40,43,48-49H,7-14,17-23,26-29,31-33H2,1-6H3,(H,46,50)(H,47,51). The van der Waals surface area contributed by atoms with E-state index in [-0.39, 0.29) is 54.5 Å². The van der Waals surface area contributed by atoms with Gasteiger partial charge in [-0.25, -0.2) is 0 Å². The highest BCUT2D eigenvalue weighted by Crippen LogP contribution is 2.45. The summed E-state index contributed by atoms with van der Waals surface area (Å²) in [5, 5.41) is 27.1. The summed E-state index contributed by atoms with van der Waals surface area (Å²) >= 11 is 0. The number of esters is 1. The van der Waals surface area contributed by atoms with Crippen LogP contribution in [0.5, 0.6) is 0 Å². The van der Waals surface area contributed by atoms with E-state index in [4.69, 9.17) is 4.74 Å². The molecule has 7 atom stereocenters. The van der Waals surface area contributed by atoms with Crippen molar-refractivity contribution in [2.45, 2.75) is 188 Å². The number of hydrogen-bond donors (Lipinski definition) is 4. The first-order valence-electron chi connectivity index (χ1n) is 21.5. The van der Waals surface area contributed by atoms with Crippen molar-refractivity contribution < 1.29 is 29.3 Å². The zero-order valence-electron chi connectivity index (χ0n) is 34.5. The predicted molar refractivity (Wildman–Crippen MR) is 217 cm³/mol. The number of rotatable bonds is 28. The van der Waals surface area contributed by atoms with Gasteiger partial charge >= 0.3 is 5.97 Å². The number of carbonyl (C=O) groups excluding carboxylic acids is 3. The second-order valence-electron chi connectivity index (χ2n) is 16.8. The van der Waals surface area contributed by atoms with Gasteiger partial charge in [-0.15, -0.1) is 0 Å². The molecule has 4 N–H and O–H groups in total. The number of hydrogen-bond acceptors (Lipinski definition) is 6. The Morgan fingerprint density at radius 1 is 0.868 bits per heavy atom. The Morgan fingerprint density at radius 2 is 1.47 bits per heavy atom. The molecule has 0 aliphatic heterocycles. The first-order valence-corrected chi connectivity index (χ1v) is 21.5. The number of nitrogens with one attached hydrogen (secondary N) is 2. The number of aliphatic hydroxyl groups is 2. The molecule has 0 bridgehead atoms. The van der Waals surface area contributed by atoms with Crippen LogP contribution in [-0.2, 0) is 19.1 Å². The molecule has 0 aromatic heterocycles. The van der Waals surface area contributed by atoms with E-state index in [1.54, 1.807) is 0 Å². The topological polar surface area (TPSA) is 125 Å². The van der Waals surface area contributed by atoms with Gasteiger partial charge in [-0.05, 0) is 101 Å². The molecular formula is C45H78N2O6. The summed E-state index contributed by atoms with van der Waals surface area (Å²) in [6.45, 7) is 13.1. The van der Waals surface area contributed by atoms with E-state index in [1.165, 1.54) is 63.4 Å². The molecule has 0 heterocycles. The van der Waals surface area contributed by atoms with Crippen molar-refractivity contribution >= 4 is 17.8 Å². The highest BCUT2D eigenvalue weighted by Gasteiger charge is 2.43. The zero-order chi connectivity index (χ0) is 39.1. The molecule has 0 saturated carbocycles. The molecule has 8 nitrogen and oxygen atoms in total. The zero-order valence-corrected chi connectivity index (χ0v) is 34.5. The maximum atomic E-state index is 13.1. The molecule has 53 heavy (non-hydrogen) atoms. The van der Waals surface area contributed by atoms with E-state index in [9.17, 15) is 24.6 Å². The van der Waals surface area contributed by atoms with Gasteiger partial charge in [0.1, 0.15) is 6.10 Å². The second-order valence-corrected chi connectivity index (χ2v) is 16.8. The van der Waals surface area contributed by atoms with Gasteiger partial charge in [0.2, 0.25) is 11.8 Å². The molecule has 2 rings (SSSR count). The number of fused-ring (bicyclic) bond motifs is 1. The fourth-order valence-corrected chi connectivity index (χ4v) is 7.70. The number of amides is 2. The Bertz CT molecular complexity index is 1150. The quantitative estimate of drug-likeness (QED) is 0.0360. The number of aliphatic hydroxyl groups excluding tert-OH is 2. The monoisotopic (exact) mass is 743 g/mol. The third-order valence-corrected chi connectivity index (χ3v) is 11.5. The molecule has 2 amide bonds. The van der Waals surface area contributed by atoms with E-state index < -0.39 is 17.6 Å². The molecule has 7 unspecified atom stereocenters. The Labute approximate surface area is 323 Å². The molecular weight excluding hydrogens is 665 g/mol. The fourth-order valence-electron chi connectivity index (χ4n) is 7.70. The molecule has 0 radical (unpaired) electrons. The summed E-state index contributed by atoms with van der Waals surface area (Å²) < 4.78 is 6.20. The molecule has 8 heteroatoms. The highest BCUT2D eigenvalue weighted by molar-refractivity contribution is 5.77. The third kappa shape index (κ3) is 19.1. The average Bonchev–Trinajstić information content (AvgIpc) is 3.11. The lowest BCUT2D eigenvalue weighted by molar-refractivity contribution is -0.164. The maximum Gasteiger partial charge on any atom is 0.311 e. The number of allylic oxidation sites excluding steroid dienone is 5. The minimum atomic E-state index is -0.958. The van der Waals surface area contributed by atoms with Crippen molar-refractivity contribution in [2.24, 2.45) is 29.1 Å². The van der Waals surface area contributed by atoms with Crippen molar-refractivity contribution in [1.29, 1.82) is 0 Å². The van der Waals surface area contributed by atoms with Crippen LogP contribution in [0.15, 0.2) is 36.0 Å². The van der Waals surface area contributed by atoms with E-state index in [1.807, 2.05) is 20.8 Å². The SMILES string of the molecule is CCCCCCCCC=CCCCCCCCC(=O)NCCNC(=O)CC(O)CC(O)CCC1C(C)C=CC2=CC(C)CC(OC(=O)C(C)(C)CC)C21. The summed E-state index contributed by atoms with van der Waals surface area (Å²) in [6, 6.07) is 0. The van der Waals surface area contributed by atoms with Crippen LogP contribution in [0.3, 0.4) is 0 Å². The average molecular weight is 743 g/mol. The van der Waals surface area contributed by atoms with Gasteiger partial charge < -0.3 is 25.6 Å². The van der Waals surface area contributed by atoms with Crippen LogP contribution in [0, 0.1) is 29.1 Å². The van der Waals surface area contributed by atoms with Crippen molar-refractivity contribution in [3.05, 3.63) is 36.0 Å². The van der Waals surface area contributed by atoms with Gasteiger partial charge in [-0.1, -0.05) is 109 Å². The van der Waals surface area contributed by atoms with E-state index in [0.717, 1.165) is 38.5 Å². The van der Waals surface area contributed by atoms with Gasteiger partial charge in [0.05, 0.1) is 24.0 Å². The van der Waals surface area contributed by atoms with Gasteiger partial charge in [0.15, 0.2) is 0 Å². The maximum absolute atomic E-state index is 13.1. The summed E-state index contributed by atoms with van der Waals surface area (Å²) in [6.07, 6.45) is 28.6. The van der Waals surface area contributed by atoms with Crippen LogP contribution < -0.4 is 10.6 Å². The first-order chi connectivity index (χ1) is 25.4. The van der Waals surface area contributed by atoms with Crippen molar-refractivity contribution in [3.63, 3.8) is 0 Å². The van der Waals surface area contributed by atoms with Gasteiger partial charge in [-0.2, -0.15) is 0 Å². The molecule has 0 saturated heterocycles. The third-order valence-electron chi connectivity index (χ3n) is 11.5. The summed E-state index contributed by atoms with van der Waals surface area (Å²) in [5.74, 6) is 0.396. The Hall–Kier alpha value is -2.45. The normalized spacial score (nSPS) is 22.6. The number of ether oxygens (including phenoxy) is 1. The smallest absolute Gasteiger partial charge is 0.311 e. The Kier molecular flexibility index (Phi) is 23.2. The lowest BCUT2D eigenvalue weighted by Gasteiger charge is -2.44. The second kappa shape index (κ2) is 26.4. The number of carbonyl (C=O) groups is 3. The molecule has 0 aromatic rings. The summed E-state index contributed by atoms with van der Waals surface area (Å²) in [4.78, 5) is 37.7. The summed E-state index contributed by atoms with van der Waals surface area (Å²) in [5.41, 5.74) is 0.677. The van der Waals surface area contributed by atoms with Gasteiger partial charge in [0, 0.05) is 25.4 Å². The first kappa shape index (κ1) is 46.7. The van der Waals surface area contributed by atoms with Crippen LogP contribution in [-0.4, -0.2) is 59.4 Å². The van der Waals surface area contributed by atoms with E-state index >= 15 is 0 Å². The Morgan fingerprint density at radius 3 is 2.11 bits per heavy atom. The van der Waals surface area contributed by atoms with E-state index in [0.29, 0.717) is 38.3 Å². The van der Waals surface area contributed by atoms with Crippen LogP contribution in [0.4, 0.5) is 0 Å². The van der Waals surface area contributed by atoms with Crippen molar-refractivity contribution in [2.75, 3.05) is 13.1 Å². The largest absolute Gasteiger partial charge is 0.461 e. The lowest BCUT2D eigenvalue weighted by atomic mass is 9.65. The summed E-state index contributed by atoms with van der Waals surface area (Å²) in [7, 11) is 0. The van der Waals surface area contributed by atoms with Crippen LogP contribution >= 0.6 is 0 Å². The minimum absolute atomic E-state index is 0.00226. The number of unbranched alkanes of at least 4 members (excludes halogenated alkanes) is 11. The van der Waals surface area contributed by atoms with Crippen LogP contribution in [0.25, 0.3) is 0 Å². The van der Waals surface area contributed by atoms with E-state index in [2.05, 4.69) is 61.8 Å². The minimum Gasteiger partial charge on any atom is -0.461 e.